The largest absolute Gasteiger partial charge is 0.465 e. The van der Waals surface area contributed by atoms with E-state index in [1.165, 1.54) is 18.9 Å². The second kappa shape index (κ2) is 8.03. The number of rotatable bonds is 4. The van der Waals surface area contributed by atoms with Gasteiger partial charge in [0.15, 0.2) is 16.3 Å². The molecule has 3 heterocycles. The number of thiazole rings is 1. The molecule has 5 rings (SSSR count). The van der Waals surface area contributed by atoms with Gasteiger partial charge >= 0.3 is 5.97 Å². The lowest BCUT2D eigenvalue weighted by Gasteiger charge is -2.22. The number of esters is 1. The molecule has 1 aliphatic heterocycles. The zero-order valence-corrected chi connectivity index (χ0v) is 19.3. The number of carbonyl (C=O) groups excluding carboxylic acids is 3. The lowest BCUT2D eigenvalue weighted by atomic mass is 9.98. The first kappa shape index (κ1) is 21.7. The van der Waals surface area contributed by atoms with Crippen molar-refractivity contribution in [3.8, 4) is 0 Å². The summed E-state index contributed by atoms with van der Waals surface area (Å²) >= 11 is 1.09. The van der Waals surface area contributed by atoms with E-state index in [9.17, 15) is 19.2 Å². The van der Waals surface area contributed by atoms with Crippen molar-refractivity contribution in [1.29, 1.82) is 0 Å². The van der Waals surface area contributed by atoms with Gasteiger partial charge in [-0.1, -0.05) is 35.6 Å². The van der Waals surface area contributed by atoms with Crippen LogP contribution in [-0.4, -0.2) is 29.8 Å². The summed E-state index contributed by atoms with van der Waals surface area (Å²) in [5.74, 6) is -1.26. The highest BCUT2D eigenvalue weighted by atomic mass is 32.1. The molecule has 0 unspecified atom stereocenters. The number of hydrogen-bond donors (Lipinski definition) is 0. The summed E-state index contributed by atoms with van der Waals surface area (Å²) in [6.45, 7) is 3.13. The Morgan fingerprint density at radius 2 is 1.79 bits per heavy atom. The molecule has 1 aliphatic rings. The molecule has 0 saturated carbocycles. The molecule has 170 valence electrons. The van der Waals surface area contributed by atoms with Gasteiger partial charge in [0.2, 0.25) is 5.76 Å². The molecule has 2 aromatic carbocycles. The number of nitrogens with zero attached hydrogens (tertiary/aromatic N) is 2. The van der Waals surface area contributed by atoms with E-state index in [-0.39, 0.29) is 27.7 Å². The van der Waals surface area contributed by atoms with Crippen LogP contribution in [0.25, 0.3) is 11.0 Å². The molecule has 1 amide bonds. The molecule has 0 radical (unpaired) electrons. The fourth-order valence-corrected chi connectivity index (χ4v) is 5.15. The average molecular weight is 474 g/mol. The molecule has 0 N–H and O–H groups in total. The summed E-state index contributed by atoms with van der Waals surface area (Å²) in [5, 5.41) is 0.636. The fourth-order valence-electron chi connectivity index (χ4n) is 4.16. The first-order valence-corrected chi connectivity index (χ1v) is 11.2. The molecule has 4 aromatic rings. The number of aromatic nitrogens is 1. The van der Waals surface area contributed by atoms with Crippen molar-refractivity contribution < 1.29 is 23.5 Å². The summed E-state index contributed by atoms with van der Waals surface area (Å²) in [6.07, 6.45) is 0. The topological polar surface area (TPSA) is 107 Å². The van der Waals surface area contributed by atoms with Crippen LogP contribution in [0.15, 0.2) is 57.7 Å². The summed E-state index contributed by atoms with van der Waals surface area (Å²) < 4.78 is 10.7. The van der Waals surface area contributed by atoms with Crippen molar-refractivity contribution in [2.75, 3.05) is 12.0 Å². The molecule has 2 aromatic heterocycles. The number of anilines is 1. The zero-order chi connectivity index (χ0) is 24.1. The smallest absolute Gasteiger partial charge is 0.337 e. The van der Waals surface area contributed by atoms with E-state index in [1.54, 1.807) is 55.5 Å². The Hall–Kier alpha value is -4.11. The van der Waals surface area contributed by atoms with Crippen LogP contribution in [0.3, 0.4) is 0 Å². The SMILES string of the molecule is COC(=O)c1ccc([C@@H]2c3c(oc4ccccc4c3=O)C(=O)N2c2nc(C)c(C(C)=O)s2)cc1. The van der Waals surface area contributed by atoms with Gasteiger partial charge in [-0.25, -0.2) is 9.78 Å². The Balaban J connectivity index is 1.75. The summed E-state index contributed by atoms with van der Waals surface area (Å²) in [4.78, 5) is 57.4. The van der Waals surface area contributed by atoms with Gasteiger partial charge in [-0.05, 0) is 36.8 Å². The minimum atomic E-state index is -0.847. The third kappa shape index (κ3) is 3.24. The number of ketones is 1. The molecule has 0 bridgehead atoms. The molecule has 0 saturated heterocycles. The number of hydrogen-bond acceptors (Lipinski definition) is 8. The van der Waals surface area contributed by atoms with Crippen LogP contribution in [0.1, 0.15) is 60.4 Å². The predicted molar refractivity (Wildman–Crippen MR) is 126 cm³/mol. The minimum Gasteiger partial charge on any atom is -0.465 e. The normalized spacial score (nSPS) is 15.0. The molecule has 0 fully saturated rings. The lowest BCUT2D eigenvalue weighted by Crippen LogP contribution is -2.29. The minimum absolute atomic E-state index is 0.0667. The Kier molecular flexibility index (Phi) is 5.13. The van der Waals surface area contributed by atoms with Crippen molar-refractivity contribution in [1.82, 2.24) is 4.98 Å². The van der Waals surface area contributed by atoms with Crippen molar-refractivity contribution in [2.24, 2.45) is 0 Å². The van der Waals surface area contributed by atoms with Crippen molar-refractivity contribution in [3.63, 3.8) is 0 Å². The molecule has 9 heteroatoms. The van der Waals surface area contributed by atoms with E-state index in [0.717, 1.165) is 11.3 Å². The van der Waals surface area contributed by atoms with E-state index < -0.39 is 17.9 Å². The zero-order valence-electron chi connectivity index (χ0n) is 18.4. The highest BCUT2D eigenvalue weighted by Crippen LogP contribution is 2.43. The van der Waals surface area contributed by atoms with Crippen LogP contribution in [0.5, 0.6) is 0 Å². The second-order valence-corrected chi connectivity index (χ2v) is 8.81. The lowest BCUT2D eigenvalue weighted by molar-refractivity contribution is 0.0600. The Morgan fingerprint density at radius 1 is 1.09 bits per heavy atom. The number of amides is 1. The molecule has 1 atom stereocenters. The van der Waals surface area contributed by atoms with Crippen molar-refractivity contribution in [2.45, 2.75) is 19.9 Å². The Bertz CT molecular complexity index is 1550. The van der Waals surface area contributed by atoms with Gasteiger partial charge in [-0.2, -0.15) is 0 Å². The van der Waals surface area contributed by atoms with Gasteiger partial charge in [0.25, 0.3) is 5.91 Å². The average Bonchev–Trinajstić information content (AvgIpc) is 3.36. The highest BCUT2D eigenvalue weighted by Gasteiger charge is 2.45. The number of methoxy groups -OCH3 is 1. The number of carbonyl (C=O) groups is 3. The molecule has 0 aliphatic carbocycles. The second-order valence-electron chi connectivity index (χ2n) is 7.83. The predicted octanol–water partition coefficient (Wildman–Crippen LogP) is 4.30. The van der Waals surface area contributed by atoms with E-state index in [2.05, 4.69) is 4.98 Å². The van der Waals surface area contributed by atoms with E-state index in [0.29, 0.717) is 32.7 Å². The fraction of sp³-hybridized carbons (Fsp3) is 0.160. The molecular weight excluding hydrogens is 456 g/mol. The van der Waals surface area contributed by atoms with Gasteiger partial charge in [0, 0.05) is 6.92 Å². The van der Waals surface area contributed by atoms with Crippen molar-refractivity contribution >= 4 is 45.1 Å². The van der Waals surface area contributed by atoms with Crippen LogP contribution >= 0.6 is 11.3 Å². The maximum absolute atomic E-state index is 13.6. The van der Waals surface area contributed by atoms with Gasteiger partial charge in [0.1, 0.15) is 5.58 Å². The van der Waals surface area contributed by atoms with Crippen LogP contribution in [0.4, 0.5) is 5.13 Å². The number of para-hydroxylation sites is 1. The number of Topliss-reactive ketones (excluding diaryl/α,β-unsaturated/α-hetero) is 1. The summed E-state index contributed by atoms with van der Waals surface area (Å²) in [7, 11) is 1.29. The Morgan fingerprint density at radius 3 is 2.44 bits per heavy atom. The third-order valence-electron chi connectivity index (χ3n) is 5.74. The third-order valence-corrected chi connectivity index (χ3v) is 6.99. The number of aryl methyl sites for hydroxylation is 1. The van der Waals surface area contributed by atoms with Crippen molar-refractivity contribution in [3.05, 3.63) is 91.8 Å². The standard InChI is InChI=1S/C25H18N2O6S/c1-12-22(13(2)28)34-25(26-12)27-19(14-8-10-15(11-9-14)24(31)32-3)18-20(29)16-6-4-5-7-17(16)33-21(18)23(27)30/h4-11,19H,1-3H3/t19-/m1/s1. The summed E-state index contributed by atoms with van der Waals surface area (Å²) in [5.41, 5.74) is 1.58. The number of ether oxygens (including phenoxy) is 1. The van der Waals surface area contributed by atoms with Gasteiger partial charge in [-0.3, -0.25) is 19.3 Å². The molecule has 0 spiro atoms. The molecular formula is C25H18N2O6S. The van der Waals surface area contributed by atoms with E-state index in [4.69, 9.17) is 9.15 Å². The van der Waals surface area contributed by atoms with Crippen LogP contribution in [-0.2, 0) is 4.74 Å². The highest BCUT2D eigenvalue weighted by molar-refractivity contribution is 7.17. The van der Waals surface area contributed by atoms with Gasteiger partial charge in [-0.15, -0.1) is 0 Å². The van der Waals surface area contributed by atoms with E-state index >= 15 is 0 Å². The monoisotopic (exact) mass is 474 g/mol. The maximum Gasteiger partial charge on any atom is 0.337 e. The van der Waals surface area contributed by atoms with E-state index in [1.807, 2.05) is 0 Å². The number of benzene rings is 2. The first-order valence-electron chi connectivity index (χ1n) is 10.4. The van der Waals surface area contributed by atoms with Crippen LogP contribution < -0.4 is 10.3 Å². The molecule has 34 heavy (non-hydrogen) atoms. The first-order chi connectivity index (χ1) is 16.3. The van der Waals surface area contributed by atoms with Crippen LogP contribution in [0, 0.1) is 6.92 Å². The quantitative estimate of drug-likeness (QED) is 0.321. The van der Waals surface area contributed by atoms with Gasteiger partial charge < -0.3 is 9.15 Å². The number of fused-ring (bicyclic) bond motifs is 2. The van der Waals surface area contributed by atoms with Crippen LogP contribution in [0.2, 0.25) is 0 Å². The molecule has 8 nitrogen and oxygen atoms in total. The summed E-state index contributed by atoms with van der Waals surface area (Å²) in [6, 6.07) is 12.3. The van der Waals surface area contributed by atoms with Gasteiger partial charge in [0.05, 0.1) is 40.2 Å². The Labute approximate surface area is 197 Å². The maximum atomic E-state index is 13.6.